The summed E-state index contributed by atoms with van der Waals surface area (Å²) in [6, 6.07) is 9.00. The van der Waals surface area contributed by atoms with Gasteiger partial charge in [0, 0.05) is 42.5 Å². The van der Waals surface area contributed by atoms with Crippen LogP contribution in [0.2, 0.25) is 0 Å². The van der Waals surface area contributed by atoms with E-state index in [-0.39, 0.29) is 0 Å². The summed E-state index contributed by atoms with van der Waals surface area (Å²) < 4.78 is 3.03. The fraction of sp³-hybridized carbons (Fsp3) is 0.312. The Morgan fingerprint density at radius 1 is 1.35 bits per heavy atom. The molecule has 6 nitrogen and oxygen atoms in total. The first-order valence-electron chi connectivity index (χ1n) is 7.55. The summed E-state index contributed by atoms with van der Waals surface area (Å²) >= 11 is 3.53. The predicted octanol–water partition coefficient (Wildman–Crippen LogP) is 2.21. The summed E-state index contributed by atoms with van der Waals surface area (Å²) in [6.07, 6.45) is 5.37. The van der Waals surface area contributed by atoms with Crippen molar-refractivity contribution in [3.63, 3.8) is 0 Å². The lowest BCUT2D eigenvalue weighted by atomic mass is 10.1. The van der Waals surface area contributed by atoms with Crippen molar-refractivity contribution in [1.29, 1.82) is 0 Å². The number of hydrogen-bond donors (Lipinski definition) is 0. The molecule has 1 aliphatic rings. The number of aromatic nitrogens is 4. The topological polar surface area (TPSA) is 49.6 Å². The maximum atomic E-state index is 4.47. The number of likely N-dealkylation sites (N-methyl/N-ethyl adjacent to an activating group) is 1. The number of anilines is 1. The molecule has 7 heteroatoms. The van der Waals surface area contributed by atoms with E-state index in [1.165, 1.54) is 5.56 Å². The number of halogens is 1. The van der Waals surface area contributed by atoms with Crippen molar-refractivity contribution in [2.24, 2.45) is 0 Å². The van der Waals surface area contributed by atoms with Crippen LogP contribution < -0.4 is 4.90 Å². The van der Waals surface area contributed by atoms with E-state index in [0.717, 1.165) is 35.6 Å². The van der Waals surface area contributed by atoms with Gasteiger partial charge in [-0.1, -0.05) is 28.1 Å². The summed E-state index contributed by atoms with van der Waals surface area (Å²) in [5.41, 5.74) is 2.14. The van der Waals surface area contributed by atoms with Crippen LogP contribution in [0.4, 0.5) is 5.82 Å². The molecule has 1 aromatic carbocycles. The van der Waals surface area contributed by atoms with E-state index in [4.69, 9.17) is 0 Å². The highest BCUT2D eigenvalue weighted by molar-refractivity contribution is 9.10. The minimum atomic E-state index is 0.527. The zero-order chi connectivity index (χ0) is 15.8. The van der Waals surface area contributed by atoms with Crippen molar-refractivity contribution in [2.45, 2.75) is 12.6 Å². The van der Waals surface area contributed by atoms with Gasteiger partial charge in [0.15, 0.2) is 5.82 Å². The second kappa shape index (κ2) is 5.90. The maximum Gasteiger partial charge on any atom is 0.203 e. The third-order valence-electron chi connectivity index (χ3n) is 4.30. The summed E-state index contributed by atoms with van der Waals surface area (Å²) in [5, 5.41) is 8.11. The molecule has 0 radical (unpaired) electrons. The fourth-order valence-corrected chi connectivity index (χ4v) is 3.37. The molecule has 4 rings (SSSR count). The van der Waals surface area contributed by atoms with Gasteiger partial charge < -0.3 is 4.90 Å². The van der Waals surface area contributed by atoms with Crippen LogP contribution >= 0.6 is 15.9 Å². The molecule has 1 saturated heterocycles. The minimum absolute atomic E-state index is 0.527. The van der Waals surface area contributed by atoms with E-state index in [1.807, 2.05) is 10.6 Å². The molecular weight excluding hydrogens is 356 g/mol. The van der Waals surface area contributed by atoms with Gasteiger partial charge in [0.05, 0.1) is 0 Å². The smallest absolute Gasteiger partial charge is 0.203 e. The number of benzene rings is 1. The van der Waals surface area contributed by atoms with Crippen LogP contribution in [0.1, 0.15) is 5.56 Å². The zero-order valence-electron chi connectivity index (χ0n) is 12.8. The van der Waals surface area contributed by atoms with E-state index in [1.54, 1.807) is 12.5 Å². The summed E-state index contributed by atoms with van der Waals surface area (Å²) in [4.78, 5) is 9.12. The van der Waals surface area contributed by atoms with Crippen LogP contribution in [0.15, 0.2) is 47.5 Å². The number of nitrogens with zero attached hydrogens (tertiary/aromatic N) is 6. The van der Waals surface area contributed by atoms with Gasteiger partial charge in [-0.3, -0.25) is 9.30 Å². The van der Waals surface area contributed by atoms with Gasteiger partial charge >= 0.3 is 0 Å². The molecule has 1 fully saturated rings. The van der Waals surface area contributed by atoms with E-state index < -0.39 is 0 Å². The Morgan fingerprint density at radius 2 is 2.22 bits per heavy atom. The van der Waals surface area contributed by atoms with Crippen molar-refractivity contribution in [1.82, 2.24) is 24.5 Å². The lowest BCUT2D eigenvalue weighted by Gasteiger charge is -2.44. The van der Waals surface area contributed by atoms with Crippen LogP contribution in [0.5, 0.6) is 0 Å². The van der Waals surface area contributed by atoms with E-state index >= 15 is 0 Å². The second-order valence-electron chi connectivity index (χ2n) is 5.92. The van der Waals surface area contributed by atoms with Gasteiger partial charge in [-0.05, 0) is 24.7 Å². The molecule has 0 amide bonds. The molecule has 0 unspecified atom stereocenters. The van der Waals surface area contributed by atoms with Crippen molar-refractivity contribution in [3.8, 4) is 0 Å². The van der Waals surface area contributed by atoms with E-state index in [9.17, 15) is 0 Å². The Bertz CT molecular complexity index is 826. The largest absolute Gasteiger partial charge is 0.350 e. The second-order valence-corrected chi connectivity index (χ2v) is 6.83. The van der Waals surface area contributed by atoms with E-state index in [2.05, 4.69) is 72.2 Å². The zero-order valence-corrected chi connectivity index (χ0v) is 14.4. The van der Waals surface area contributed by atoms with Gasteiger partial charge in [0.25, 0.3) is 0 Å². The lowest BCUT2D eigenvalue weighted by molar-refractivity contribution is 0.197. The third kappa shape index (κ3) is 2.82. The van der Waals surface area contributed by atoms with Crippen LogP contribution in [-0.2, 0) is 6.54 Å². The Kier molecular flexibility index (Phi) is 3.74. The molecule has 0 aliphatic carbocycles. The van der Waals surface area contributed by atoms with Gasteiger partial charge in [0.1, 0.15) is 6.33 Å². The Labute approximate surface area is 142 Å². The van der Waals surface area contributed by atoms with Crippen molar-refractivity contribution in [2.75, 3.05) is 25.0 Å². The third-order valence-corrected chi connectivity index (χ3v) is 4.80. The van der Waals surface area contributed by atoms with E-state index in [0.29, 0.717) is 6.04 Å². The first-order valence-corrected chi connectivity index (χ1v) is 8.34. The quantitative estimate of drug-likeness (QED) is 0.702. The standard InChI is InChI=1S/C16H17BrN6/c1-21(8-12-3-2-4-13(17)7-12)14-9-23(10-14)15-16-20-19-11-22(16)6-5-18-15/h2-7,11,14H,8-10H2,1H3. The SMILES string of the molecule is CN(Cc1cccc(Br)c1)C1CN(c2nccn3cnnc23)C1. The number of fused-ring (bicyclic) bond motifs is 1. The summed E-state index contributed by atoms with van der Waals surface area (Å²) in [7, 11) is 2.17. The molecule has 118 valence electrons. The summed E-state index contributed by atoms with van der Waals surface area (Å²) in [5.74, 6) is 0.914. The van der Waals surface area contributed by atoms with Crippen molar-refractivity contribution < 1.29 is 0 Å². The Balaban J connectivity index is 1.42. The monoisotopic (exact) mass is 372 g/mol. The first-order chi connectivity index (χ1) is 11.2. The highest BCUT2D eigenvalue weighted by atomic mass is 79.9. The molecule has 0 N–H and O–H groups in total. The molecule has 0 spiro atoms. The highest BCUT2D eigenvalue weighted by Crippen LogP contribution is 2.25. The normalized spacial score (nSPS) is 15.3. The predicted molar refractivity (Wildman–Crippen MR) is 92.4 cm³/mol. The molecule has 0 saturated carbocycles. The van der Waals surface area contributed by atoms with Crippen molar-refractivity contribution in [3.05, 3.63) is 53.0 Å². The number of rotatable bonds is 4. The van der Waals surface area contributed by atoms with Crippen LogP contribution in [0.3, 0.4) is 0 Å². The molecule has 0 atom stereocenters. The molecule has 2 aromatic heterocycles. The lowest BCUT2D eigenvalue weighted by Crippen LogP contribution is -2.58. The molecule has 0 bridgehead atoms. The Morgan fingerprint density at radius 3 is 3.04 bits per heavy atom. The minimum Gasteiger partial charge on any atom is -0.350 e. The molecular formula is C16H17BrN6. The summed E-state index contributed by atoms with van der Waals surface area (Å²) in [6.45, 7) is 2.87. The van der Waals surface area contributed by atoms with Crippen molar-refractivity contribution >= 4 is 27.4 Å². The maximum absolute atomic E-state index is 4.47. The molecule has 3 heterocycles. The number of hydrogen-bond acceptors (Lipinski definition) is 5. The first kappa shape index (κ1) is 14.6. The average Bonchev–Trinajstić information content (AvgIpc) is 2.95. The highest BCUT2D eigenvalue weighted by Gasteiger charge is 2.32. The van der Waals surface area contributed by atoms with Gasteiger partial charge in [-0.2, -0.15) is 0 Å². The van der Waals surface area contributed by atoms with Crippen LogP contribution in [0.25, 0.3) is 5.65 Å². The van der Waals surface area contributed by atoms with Gasteiger partial charge in [-0.25, -0.2) is 4.98 Å². The van der Waals surface area contributed by atoms with Gasteiger partial charge in [-0.15, -0.1) is 10.2 Å². The Hall–Kier alpha value is -1.99. The average molecular weight is 373 g/mol. The van der Waals surface area contributed by atoms with Crippen LogP contribution in [0, 0.1) is 0 Å². The fourth-order valence-electron chi connectivity index (χ4n) is 2.93. The van der Waals surface area contributed by atoms with Crippen LogP contribution in [-0.4, -0.2) is 50.7 Å². The van der Waals surface area contributed by atoms with Gasteiger partial charge in [0.2, 0.25) is 5.65 Å². The molecule has 3 aromatic rings. The molecule has 23 heavy (non-hydrogen) atoms. The molecule has 1 aliphatic heterocycles.